The van der Waals surface area contributed by atoms with Crippen LogP contribution in [-0.4, -0.2) is 37.5 Å². The van der Waals surface area contributed by atoms with E-state index in [0.717, 1.165) is 16.7 Å². The third-order valence-corrected chi connectivity index (χ3v) is 7.24. The Morgan fingerprint density at radius 2 is 1.73 bits per heavy atom. The summed E-state index contributed by atoms with van der Waals surface area (Å²) in [4.78, 5) is 11.2. The van der Waals surface area contributed by atoms with Crippen LogP contribution in [0.25, 0.3) is 0 Å². The van der Waals surface area contributed by atoms with E-state index >= 15 is 0 Å². The van der Waals surface area contributed by atoms with Crippen molar-refractivity contribution >= 4 is 16.0 Å². The monoisotopic (exact) mass is 423 g/mol. The van der Waals surface area contributed by atoms with E-state index < -0.39 is 22.0 Å². The zero-order valence-corrected chi connectivity index (χ0v) is 17.2. The minimum Gasteiger partial charge on any atom is -0.497 e. The molecule has 0 fully saturated rings. The molecule has 0 bridgehead atoms. The lowest BCUT2D eigenvalue weighted by Gasteiger charge is -2.37. The lowest BCUT2D eigenvalue weighted by atomic mass is 9.89. The van der Waals surface area contributed by atoms with Gasteiger partial charge in [-0.3, -0.25) is 0 Å². The summed E-state index contributed by atoms with van der Waals surface area (Å²) in [5, 5.41) is 9.10. The third-order valence-electron chi connectivity index (χ3n) is 5.36. The number of carboxylic acids is 1. The Kier molecular flexibility index (Phi) is 5.32. The number of rotatable bonds is 5. The number of ether oxygens (including phenoxy) is 1. The van der Waals surface area contributed by atoms with E-state index in [1.54, 1.807) is 7.11 Å². The van der Waals surface area contributed by atoms with Crippen LogP contribution in [0.2, 0.25) is 0 Å². The molecule has 154 valence electrons. The summed E-state index contributed by atoms with van der Waals surface area (Å²) in [5.41, 5.74) is 2.87. The van der Waals surface area contributed by atoms with Crippen LogP contribution in [0, 0.1) is 0 Å². The Morgan fingerprint density at radius 3 is 2.37 bits per heavy atom. The number of nitrogens with zero attached hydrogens (tertiary/aromatic N) is 1. The zero-order valence-electron chi connectivity index (χ0n) is 16.4. The maximum absolute atomic E-state index is 13.6. The molecule has 3 aromatic rings. The molecule has 4 rings (SSSR count). The first-order valence-electron chi connectivity index (χ1n) is 9.49. The first kappa shape index (κ1) is 20.1. The maximum atomic E-state index is 13.6. The van der Waals surface area contributed by atoms with Gasteiger partial charge in [-0.15, -0.1) is 0 Å². The molecule has 7 heteroatoms. The van der Waals surface area contributed by atoms with Gasteiger partial charge in [0.05, 0.1) is 23.6 Å². The first-order chi connectivity index (χ1) is 14.4. The van der Waals surface area contributed by atoms with Crippen molar-refractivity contribution < 1.29 is 23.1 Å². The number of carboxylic acid groups (broad SMARTS) is 1. The minimum atomic E-state index is -3.86. The number of fused-ring (bicyclic) bond motifs is 1. The predicted molar refractivity (Wildman–Crippen MR) is 112 cm³/mol. The van der Waals surface area contributed by atoms with Crippen molar-refractivity contribution in [3.63, 3.8) is 0 Å². The van der Waals surface area contributed by atoms with Gasteiger partial charge < -0.3 is 9.84 Å². The number of carbonyl (C=O) groups is 1. The largest absolute Gasteiger partial charge is 0.497 e. The average Bonchev–Trinajstić information content (AvgIpc) is 2.78. The fraction of sp³-hybridized carbons (Fsp3) is 0.174. The molecule has 1 atom stereocenters. The molecule has 0 spiro atoms. The average molecular weight is 423 g/mol. The molecule has 0 saturated carbocycles. The van der Waals surface area contributed by atoms with Crippen LogP contribution in [0.4, 0.5) is 0 Å². The molecule has 1 N–H and O–H groups in total. The second-order valence-corrected chi connectivity index (χ2v) is 8.96. The van der Waals surface area contributed by atoms with Gasteiger partial charge in [0.25, 0.3) is 0 Å². The summed E-state index contributed by atoms with van der Waals surface area (Å²) in [6.07, 6.45) is 0.578. The standard InChI is InChI=1S/C23H21NO5S/c1-29-19-10-7-16-13-14-24(22(21(16)15-19)17-5-3-2-4-6-17)30(27,28)20-11-8-18(9-12-20)23(25)26/h2-12,15,22H,13-14H2,1H3,(H,25,26). The Hall–Kier alpha value is -3.16. The highest BCUT2D eigenvalue weighted by Gasteiger charge is 2.37. The van der Waals surface area contributed by atoms with E-state index in [4.69, 9.17) is 9.84 Å². The van der Waals surface area contributed by atoms with E-state index in [-0.39, 0.29) is 10.5 Å². The van der Waals surface area contributed by atoms with Gasteiger partial charge in [-0.2, -0.15) is 4.31 Å². The van der Waals surface area contributed by atoms with Crippen LogP contribution in [-0.2, 0) is 16.4 Å². The number of sulfonamides is 1. The number of hydrogen-bond donors (Lipinski definition) is 1. The summed E-state index contributed by atoms with van der Waals surface area (Å²) in [6, 6.07) is 20.1. The molecule has 30 heavy (non-hydrogen) atoms. The number of hydrogen-bond acceptors (Lipinski definition) is 4. The Balaban J connectivity index is 1.84. The van der Waals surface area contributed by atoms with Crippen LogP contribution in [0.5, 0.6) is 5.75 Å². The Morgan fingerprint density at radius 1 is 1.03 bits per heavy atom. The van der Waals surface area contributed by atoms with Crippen molar-refractivity contribution in [2.75, 3.05) is 13.7 Å². The van der Waals surface area contributed by atoms with Crippen LogP contribution >= 0.6 is 0 Å². The predicted octanol–water partition coefficient (Wildman–Crippen LogP) is 3.73. The zero-order chi connectivity index (χ0) is 21.3. The molecule has 6 nitrogen and oxygen atoms in total. The number of methoxy groups -OCH3 is 1. The van der Waals surface area contributed by atoms with Gasteiger partial charge in [-0.1, -0.05) is 36.4 Å². The fourth-order valence-corrected chi connectivity index (χ4v) is 5.44. The van der Waals surface area contributed by atoms with Gasteiger partial charge >= 0.3 is 5.97 Å². The number of benzene rings is 3. The van der Waals surface area contributed by atoms with Gasteiger partial charge in [0.1, 0.15) is 5.75 Å². The van der Waals surface area contributed by atoms with Gasteiger partial charge in [-0.05, 0) is 59.5 Å². The summed E-state index contributed by atoms with van der Waals surface area (Å²) < 4.78 is 34.0. The second kappa shape index (κ2) is 7.93. The Bertz CT molecular complexity index is 1170. The molecule has 1 unspecified atom stereocenters. The summed E-state index contributed by atoms with van der Waals surface area (Å²) in [5.74, 6) is -0.431. The quantitative estimate of drug-likeness (QED) is 0.676. The normalized spacial score (nSPS) is 16.6. The second-order valence-electron chi connectivity index (χ2n) is 7.07. The van der Waals surface area contributed by atoms with Crippen molar-refractivity contribution in [2.24, 2.45) is 0 Å². The van der Waals surface area contributed by atoms with Crippen molar-refractivity contribution in [1.82, 2.24) is 4.31 Å². The smallest absolute Gasteiger partial charge is 0.335 e. The van der Waals surface area contributed by atoms with Crippen molar-refractivity contribution in [3.8, 4) is 5.75 Å². The van der Waals surface area contributed by atoms with E-state index in [9.17, 15) is 13.2 Å². The molecular formula is C23H21NO5S. The van der Waals surface area contributed by atoms with E-state index in [1.807, 2.05) is 48.5 Å². The maximum Gasteiger partial charge on any atom is 0.335 e. The molecule has 0 aliphatic carbocycles. The summed E-state index contributed by atoms with van der Waals surface area (Å²) >= 11 is 0. The van der Waals surface area contributed by atoms with Gasteiger partial charge in [0, 0.05) is 6.54 Å². The van der Waals surface area contributed by atoms with Gasteiger partial charge in [0.15, 0.2) is 0 Å². The molecule has 0 aromatic heterocycles. The number of aromatic carboxylic acids is 1. The Labute approximate surface area is 175 Å². The van der Waals surface area contributed by atoms with Crippen LogP contribution < -0.4 is 4.74 Å². The SMILES string of the molecule is COc1ccc2c(c1)C(c1ccccc1)N(S(=O)(=O)c1ccc(C(=O)O)cc1)CC2. The minimum absolute atomic E-state index is 0.0438. The van der Waals surface area contributed by atoms with Crippen LogP contribution in [0.15, 0.2) is 77.7 Å². The molecule has 0 radical (unpaired) electrons. The van der Waals surface area contributed by atoms with Crippen molar-refractivity contribution in [2.45, 2.75) is 17.4 Å². The molecule has 0 saturated heterocycles. The van der Waals surface area contributed by atoms with Crippen molar-refractivity contribution in [3.05, 3.63) is 95.1 Å². The molecule has 3 aromatic carbocycles. The molecule has 1 aliphatic rings. The van der Waals surface area contributed by atoms with Gasteiger partial charge in [0.2, 0.25) is 10.0 Å². The molecular weight excluding hydrogens is 402 g/mol. The lowest BCUT2D eigenvalue weighted by molar-refractivity contribution is 0.0696. The van der Waals surface area contributed by atoms with Crippen LogP contribution in [0.3, 0.4) is 0 Å². The van der Waals surface area contributed by atoms with Gasteiger partial charge in [-0.25, -0.2) is 13.2 Å². The highest BCUT2D eigenvalue weighted by Crippen LogP contribution is 2.40. The topological polar surface area (TPSA) is 83.9 Å². The highest BCUT2D eigenvalue weighted by molar-refractivity contribution is 7.89. The third kappa shape index (κ3) is 3.58. The van der Waals surface area contributed by atoms with E-state index in [1.165, 1.54) is 28.6 Å². The molecule has 1 aliphatic heterocycles. The molecule has 0 amide bonds. The van der Waals surface area contributed by atoms with E-state index in [0.29, 0.717) is 18.7 Å². The fourth-order valence-electron chi connectivity index (χ4n) is 3.84. The van der Waals surface area contributed by atoms with E-state index in [2.05, 4.69) is 0 Å². The summed E-state index contributed by atoms with van der Waals surface area (Å²) in [6.45, 7) is 0.321. The van der Waals surface area contributed by atoms with Crippen LogP contribution in [0.1, 0.15) is 33.1 Å². The first-order valence-corrected chi connectivity index (χ1v) is 10.9. The highest BCUT2D eigenvalue weighted by atomic mass is 32.2. The molecule has 1 heterocycles. The summed E-state index contributed by atoms with van der Waals surface area (Å²) in [7, 11) is -2.28. The van der Waals surface area contributed by atoms with Crippen molar-refractivity contribution in [1.29, 1.82) is 0 Å². The lowest BCUT2D eigenvalue weighted by Crippen LogP contribution is -2.40.